The number of rotatable bonds is 3. The number of hydrogen-bond donors (Lipinski definition) is 2. The van der Waals surface area contributed by atoms with Crippen LogP contribution in [0.1, 0.15) is 18.4 Å². The van der Waals surface area contributed by atoms with Gasteiger partial charge in [-0.2, -0.15) is 0 Å². The number of benzene rings is 1. The molecule has 0 saturated heterocycles. The molecule has 3 N–H and O–H groups in total. The van der Waals surface area contributed by atoms with Gasteiger partial charge in [-0.3, -0.25) is 4.72 Å². The molecule has 1 aromatic rings. The van der Waals surface area contributed by atoms with E-state index in [1.807, 2.05) is 0 Å². The maximum atomic E-state index is 13.1. The van der Waals surface area contributed by atoms with E-state index in [1.54, 1.807) is 0 Å². The zero-order chi connectivity index (χ0) is 13.2. The van der Waals surface area contributed by atoms with Gasteiger partial charge in [0, 0.05) is 0 Å². The minimum Gasteiger partial charge on any atom is -0.320 e. The molecule has 1 aromatic carbocycles. The summed E-state index contributed by atoms with van der Waals surface area (Å²) in [5.74, 6) is 4.77. The van der Waals surface area contributed by atoms with Crippen molar-refractivity contribution in [2.24, 2.45) is 5.73 Å². The lowest BCUT2D eigenvalue weighted by atomic mass is 10.2. The Labute approximate surface area is 105 Å². The standard InChI is InChI=1S/C12H13FN2O2S/c13-10-3-6-12(9(8-10)2-1-7-14)15-18(16,17)11-4-5-11/h3,6,8,11,15H,4-5,7,14H2. The third kappa shape index (κ3) is 3.00. The molecular weight excluding hydrogens is 255 g/mol. The lowest BCUT2D eigenvalue weighted by Crippen LogP contribution is -2.18. The van der Waals surface area contributed by atoms with E-state index in [0.717, 1.165) is 0 Å². The van der Waals surface area contributed by atoms with Crippen LogP contribution in [0, 0.1) is 17.7 Å². The van der Waals surface area contributed by atoms with Crippen LogP contribution in [0.15, 0.2) is 18.2 Å². The van der Waals surface area contributed by atoms with Gasteiger partial charge in [0.25, 0.3) is 0 Å². The maximum Gasteiger partial charge on any atom is 0.235 e. The molecule has 0 bridgehead atoms. The van der Waals surface area contributed by atoms with Gasteiger partial charge in [0.05, 0.1) is 23.0 Å². The fraction of sp³-hybridized carbons (Fsp3) is 0.333. The molecule has 4 nitrogen and oxygen atoms in total. The van der Waals surface area contributed by atoms with Gasteiger partial charge in [-0.15, -0.1) is 0 Å². The van der Waals surface area contributed by atoms with Crippen molar-refractivity contribution in [1.82, 2.24) is 0 Å². The number of hydrogen-bond acceptors (Lipinski definition) is 3. The molecule has 1 saturated carbocycles. The molecule has 18 heavy (non-hydrogen) atoms. The third-order valence-electron chi connectivity index (χ3n) is 2.52. The second-order valence-electron chi connectivity index (χ2n) is 4.04. The molecule has 6 heteroatoms. The molecule has 0 atom stereocenters. The largest absolute Gasteiger partial charge is 0.320 e. The highest BCUT2D eigenvalue weighted by atomic mass is 32.2. The summed E-state index contributed by atoms with van der Waals surface area (Å²) in [7, 11) is -3.37. The molecule has 0 spiro atoms. The predicted molar refractivity (Wildman–Crippen MR) is 67.9 cm³/mol. The molecule has 1 fully saturated rings. The molecule has 96 valence electrons. The first kappa shape index (κ1) is 12.9. The molecule has 0 amide bonds. The van der Waals surface area contributed by atoms with Gasteiger partial charge in [0.2, 0.25) is 10.0 Å². The van der Waals surface area contributed by atoms with Crippen LogP contribution in [0.2, 0.25) is 0 Å². The average molecular weight is 268 g/mol. The van der Waals surface area contributed by atoms with Gasteiger partial charge in [0.1, 0.15) is 5.82 Å². The van der Waals surface area contributed by atoms with Crippen molar-refractivity contribution in [1.29, 1.82) is 0 Å². The van der Waals surface area contributed by atoms with Crippen molar-refractivity contribution in [3.8, 4) is 11.8 Å². The van der Waals surface area contributed by atoms with E-state index in [-0.39, 0.29) is 11.8 Å². The van der Waals surface area contributed by atoms with E-state index in [0.29, 0.717) is 24.1 Å². The maximum absolute atomic E-state index is 13.1. The van der Waals surface area contributed by atoms with Gasteiger partial charge in [-0.1, -0.05) is 11.8 Å². The van der Waals surface area contributed by atoms with E-state index in [9.17, 15) is 12.8 Å². The zero-order valence-electron chi connectivity index (χ0n) is 9.61. The lowest BCUT2D eigenvalue weighted by Gasteiger charge is -2.09. The van der Waals surface area contributed by atoms with Gasteiger partial charge in [0.15, 0.2) is 0 Å². The molecule has 0 aromatic heterocycles. The van der Waals surface area contributed by atoms with E-state index < -0.39 is 15.8 Å². The molecule has 0 radical (unpaired) electrons. The van der Waals surface area contributed by atoms with Crippen molar-refractivity contribution in [2.45, 2.75) is 18.1 Å². The summed E-state index contributed by atoms with van der Waals surface area (Å²) in [6.07, 6.45) is 1.33. The first-order valence-electron chi connectivity index (χ1n) is 5.53. The van der Waals surface area contributed by atoms with E-state index in [4.69, 9.17) is 5.73 Å². The molecule has 0 unspecified atom stereocenters. The highest BCUT2D eigenvalue weighted by molar-refractivity contribution is 7.93. The fourth-order valence-corrected chi connectivity index (χ4v) is 2.88. The molecule has 1 aliphatic carbocycles. The zero-order valence-corrected chi connectivity index (χ0v) is 10.4. The summed E-state index contributed by atoms with van der Waals surface area (Å²) in [6, 6.07) is 3.75. The SMILES string of the molecule is NCC#Cc1cc(F)ccc1NS(=O)(=O)C1CC1. The van der Waals surface area contributed by atoms with Crippen molar-refractivity contribution in [3.05, 3.63) is 29.6 Å². The Kier molecular flexibility index (Phi) is 3.55. The summed E-state index contributed by atoms with van der Waals surface area (Å²) < 4.78 is 39.1. The highest BCUT2D eigenvalue weighted by Crippen LogP contribution is 2.30. The monoisotopic (exact) mass is 268 g/mol. The van der Waals surface area contributed by atoms with Gasteiger partial charge in [-0.05, 0) is 31.0 Å². The number of sulfonamides is 1. The number of anilines is 1. The second-order valence-corrected chi connectivity index (χ2v) is 6.00. The average Bonchev–Trinajstić information content (AvgIpc) is 3.13. The van der Waals surface area contributed by atoms with Crippen LogP contribution in [0.5, 0.6) is 0 Å². The summed E-state index contributed by atoms with van der Waals surface area (Å²) in [4.78, 5) is 0. The summed E-state index contributed by atoms with van der Waals surface area (Å²) in [5.41, 5.74) is 5.84. The van der Waals surface area contributed by atoms with Crippen molar-refractivity contribution >= 4 is 15.7 Å². The van der Waals surface area contributed by atoms with Crippen LogP contribution < -0.4 is 10.5 Å². The Morgan fingerprint density at radius 1 is 1.44 bits per heavy atom. The third-order valence-corrected chi connectivity index (χ3v) is 4.38. The van der Waals surface area contributed by atoms with Gasteiger partial charge < -0.3 is 5.73 Å². The minimum absolute atomic E-state index is 0.130. The summed E-state index contributed by atoms with van der Waals surface area (Å²) in [5, 5.41) is -0.335. The van der Waals surface area contributed by atoms with E-state index >= 15 is 0 Å². The van der Waals surface area contributed by atoms with Crippen LogP contribution in [0.4, 0.5) is 10.1 Å². The molecule has 0 aliphatic heterocycles. The quantitative estimate of drug-likeness (QED) is 0.805. The van der Waals surface area contributed by atoms with Crippen LogP contribution in [-0.2, 0) is 10.0 Å². The number of nitrogens with two attached hydrogens (primary N) is 1. The number of nitrogens with one attached hydrogen (secondary N) is 1. The van der Waals surface area contributed by atoms with Gasteiger partial charge >= 0.3 is 0 Å². The lowest BCUT2D eigenvalue weighted by molar-refractivity contribution is 0.599. The molecule has 1 aliphatic rings. The summed E-state index contributed by atoms with van der Waals surface area (Å²) in [6.45, 7) is 0.130. The fourth-order valence-electron chi connectivity index (χ4n) is 1.47. The van der Waals surface area contributed by atoms with Crippen LogP contribution >= 0.6 is 0 Å². The van der Waals surface area contributed by atoms with Crippen LogP contribution in [0.3, 0.4) is 0 Å². The Bertz CT molecular complexity index is 613. The first-order chi connectivity index (χ1) is 8.53. The smallest absolute Gasteiger partial charge is 0.235 e. The predicted octanol–water partition coefficient (Wildman–Crippen LogP) is 1.04. The summed E-state index contributed by atoms with van der Waals surface area (Å²) >= 11 is 0. The Balaban J connectivity index is 2.32. The Morgan fingerprint density at radius 2 is 2.17 bits per heavy atom. The molecule has 2 rings (SSSR count). The Morgan fingerprint density at radius 3 is 2.78 bits per heavy atom. The van der Waals surface area contributed by atoms with E-state index in [1.165, 1.54) is 18.2 Å². The topological polar surface area (TPSA) is 72.2 Å². The second kappa shape index (κ2) is 4.96. The Hall–Kier alpha value is -1.58. The van der Waals surface area contributed by atoms with Crippen molar-refractivity contribution in [3.63, 3.8) is 0 Å². The normalized spacial score (nSPS) is 14.8. The molecule has 0 heterocycles. The minimum atomic E-state index is -3.37. The van der Waals surface area contributed by atoms with Crippen LogP contribution in [0.25, 0.3) is 0 Å². The molecular formula is C12H13FN2O2S. The van der Waals surface area contributed by atoms with Gasteiger partial charge in [-0.25, -0.2) is 12.8 Å². The van der Waals surface area contributed by atoms with Crippen molar-refractivity contribution < 1.29 is 12.8 Å². The highest BCUT2D eigenvalue weighted by Gasteiger charge is 2.35. The number of halogens is 1. The van der Waals surface area contributed by atoms with Crippen LogP contribution in [-0.4, -0.2) is 20.2 Å². The van der Waals surface area contributed by atoms with E-state index in [2.05, 4.69) is 16.6 Å². The van der Waals surface area contributed by atoms with Crippen molar-refractivity contribution in [2.75, 3.05) is 11.3 Å². The first-order valence-corrected chi connectivity index (χ1v) is 7.07.